The molecule has 0 unspecified atom stereocenters. The van der Waals surface area contributed by atoms with Crippen LogP contribution in [0.25, 0.3) is 0 Å². The fraction of sp³-hybridized carbons (Fsp3) is 1.00. The van der Waals surface area contributed by atoms with Crippen molar-refractivity contribution in [3.05, 3.63) is 0 Å². The average molecular weight is 252 g/mol. The molecule has 98 valence electrons. The zero-order valence-corrected chi connectivity index (χ0v) is 11.3. The lowest BCUT2D eigenvalue weighted by molar-refractivity contribution is 0.247. The Hall–Kier alpha value is -0.170. The van der Waals surface area contributed by atoms with Crippen LogP contribution in [0.2, 0.25) is 0 Å². The fourth-order valence-corrected chi connectivity index (χ4v) is 3.34. The number of likely N-dealkylation sites (N-methyl/N-ethyl adjacent to an activating group) is 1. The van der Waals surface area contributed by atoms with Gasteiger partial charge in [-0.3, -0.25) is 0 Å². The van der Waals surface area contributed by atoms with Crippen molar-refractivity contribution >= 4 is 10.2 Å². The van der Waals surface area contributed by atoms with Crippen molar-refractivity contribution in [2.24, 2.45) is 0 Å². The predicted molar refractivity (Wildman–Crippen MR) is 65.4 cm³/mol. The summed E-state index contributed by atoms with van der Waals surface area (Å²) in [5, 5.41) is 8.85. The summed E-state index contributed by atoms with van der Waals surface area (Å²) in [6.45, 7) is 7.20. The lowest BCUT2D eigenvalue weighted by Crippen LogP contribution is -2.45. The lowest BCUT2D eigenvalue weighted by Gasteiger charge is -2.28. The SMILES string of the molecule is CCCN(CCC)S(=O)(=O)N(CC)CCO. The first-order chi connectivity index (χ1) is 7.54. The van der Waals surface area contributed by atoms with Gasteiger partial charge in [0.05, 0.1) is 6.61 Å². The molecule has 6 heteroatoms. The van der Waals surface area contributed by atoms with Gasteiger partial charge in [0.1, 0.15) is 0 Å². The van der Waals surface area contributed by atoms with Crippen LogP contribution >= 0.6 is 0 Å². The third-order valence-electron chi connectivity index (χ3n) is 2.30. The normalized spacial score (nSPS) is 12.6. The summed E-state index contributed by atoms with van der Waals surface area (Å²) < 4.78 is 27.2. The molecule has 0 aliphatic rings. The van der Waals surface area contributed by atoms with Gasteiger partial charge < -0.3 is 5.11 Å². The highest BCUT2D eigenvalue weighted by Gasteiger charge is 2.26. The molecule has 0 saturated heterocycles. The molecule has 5 nitrogen and oxygen atoms in total. The van der Waals surface area contributed by atoms with Crippen LogP contribution < -0.4 is 0 Å². The number of nitrogens with zero attached hydrogens (tertiary/aromatic N) is 2. The van der Waals surface area contributed by atoms with Crippen molar-refractivity contribution in [2.75, 3.05) is 32.8 Å². The number of aliphatic hydroxyl groups excluding tert-OH is 1. The van der Waals surface area contributed by atoms with Crippen LogP contribution in [0.1, 0.15) is 33.6 Å². The van der Waals surface area contributed by atoms with E-state index in [1.165, 1.54) is 8.61 Å². The van der Waals surface area contributed by atoms with Crippen LogP contribution in [0, 0.1) is 0 Å². The second-order valence-electron chi connectivity index (χ2n) is 3.62. The first-order valence-corrected chi connectivity index (χ1v) is 7.30. The minimum atomic E-state index is -3.39. The van der Waals surface area contributed by atoms with E-state index in [1.807, 2.05) is 13.8 Å². The molecule has 0 amide bonds. The van der Waals surface area contributed by atoms with Gasteiger partial charge in [-0.2, -0.15) is 17.0 Å². The topological polar surface area (TPSA) is 60.9 Å². The highest BCUT2D eigenvalue weighted by Crippen LogP contribution is 2.09. The van der Waals surface area contributed by atoms with Crippen molar-refractivity contribution in [3.8, 4) is 0 Å². The Morgan fingerprint density at radius 1 is 0.938 bits per heavy atom. The van der Waals surface area contributed by atoms with E-state index in [9.17, 15) is 8.42 Å². The minimum absolute atomic E-state index is 0.140. The Morgan fingerprint density at radius 3 is 1.75 bits per heavy atom. The zero-order chi connectivity index (χ0) is 12.6. The number of rotatable bonds is 9. The highest BCUT2D eigenvalue weighted by atomic mass is 32.2. The Balaban J connectivity index is 4.79. The molecule has 0 aromatic rings. The van der Waals surface area contributed by atoms with E-state index in [-0.39, 0.29) is 13.2 Å². The molecular formula is C10H24N2O3S. The van der Waals surface area contributed by atoms with E-state index >= 15 is 0 Å². The molecule has 0 heterocycles. The summed E-state index contributed by atoms with van der Waals surface area (Å²) in [4.78, 5) is 0. The van der Waals surface area contributed by atoms with Gasteiger partial charge in [0, 0.05) is 26.2 Å². The average Bonchev–Trinajstić information content (AvgIpc) is 2.25. The Labute approximate surface area is 99.2 Å². The maximum atomic E-state index is 12.2. The number of hydrogen-bond acceptors (Lipinski definition) is 3. The minimum Gasteiger partial charge on any atom is -0.395 e. The van der Waals surface area contributed by atoms with E-state index in [4.69, 9.17) is 5.11 Å². The highest BCUT2D eigenvalue weighted by molar-refractivity contribution is 7.86. The Bertz CT molecular complexity index is 261. The summed E-state index contributed by atoms with van der Waals surface area (Å²) in [6.07, 6.45) is 1.60. The molecule has 0 fully saturated rings. The lowest BCUT2D eigenvalue weighted by atomic mass is 10.4. The molecule has 0 aromatic heterocycles. The van der Waals surface area contributed by atoms with Crippen molar-refractivity contribution in [1.82, 2.24) is 8.61 Å². The van der Waals surface area contributed by atoms with Gasteiger partial charge in [0.25, 0.3) is 10.2 Å². The van der Waals surface area contributed by atoms with Gasteiger partial charge >= 0.3 is 0 Å². The van der Waals surface area contributed by atoms with Crippen molar-refractivity contribution in [1.29, 1.82) is 0 Å². The zero-order valence-electron chi connectivity index (χ0n) is 10.5. The van der Waals surface area contributed by atoms with Crippen LogP contribution in [0.4, 0.5) is 0 Å². The van der Waals surface area contributed by atoms with Crippen LogP contribution in [-0.4, -0.2) is 54.9 Å². The van der Waals surface area contributed by atoms with Gasteiger partial charge in [0.2, 0.25) is 0 Å². The molecule has 0 atom stereocenters. The summed E-state index contributed by atoms with van der Waals surface area (Å²) in [5.41, 5.74) is 0. The van der Waals surface area contributed by atoms with Crippen LogP contribution in [0.3, 0.4) is 0 Å². The third-order valence-corrected chi connectivity index (χ3v) is 4.41. The Morgan fingerprint density at radius 2 is 1.44 bits per heavy atom. The van der Waals surface area contributed by atoms with Gasteiger partial charge in [-0.1, -0.05) is 20.8 Å². The molecule has 0 bridgehead atoms. The predicted octanol–water partition coefficient (Wildman–Crippen LogP) is 0.667. The second kappa shape index (κ2) is 8.00. The number of aliphatic hydroxyl groups is 1. The van der Waals surface area contributed by atoms with Crippen molar-refractivity contribution < 1.29 is 13.5 Å². The third kappa shape index (κ3) is 4.37. The van der Waals surface area contributed by atoms with Gasteiger partial charge in [-0.05, 0) is 12.8 Å². The molecule has 0 aliphatic carbocycles. The van der Waals surface area contributed by atoms with Crippen LogP contribution in [0.5, 0.6) is 0 Å². The second-order valence-corrected chi connectivity index (χ2v) is 5.55. The molecule has 0 aliphatic heterocycles. The largest absolute Gasteiger partial charge is 0.395 e. The quantitative estimate of drug-likeness (QED) is 0.656. The van der Waals surface area contributed by atoms with E-state index in [2.05, 4.69) is 0 Å². The molecule has 0 radical (unpaired) electrons. The molecule has 1 N–H and O–H groups in total. The first kappa shape index (κ1) is 15.8. The molecular weight excluding hydrogens is 228 g/mol. The maximum absolute atomic E-state index is 12.2. The summed E-state index contributed by atoms with van der Waals surface area (Å²) in [6, 6.07) is 0. The van der Waals surface area contributed by atoms with Gasteiger partial charge in [-0.15, -0.1) is 0 Å². The molecule has 0 spiro atoms. The summed E-state index contributed by atoms with van der Waals surface area (Å²) >= 11 is 0. The van der Waals surface area contributed by atoms with Crippen molar-refractivity contribution in [3.63, 3.8) is 0 Å². The molecule has 0 rings (SSSR count). The molecule has 16 heavy (non-hydrogen) atoms. The maximum Gasteiger partial charge on any atom is 0.282 e. The standard InChI is InChI=1S/C10H24N2O3S/c1-4-7-12(8-5-2)16(14,15)11(6-3)9-10-13/h13H,4-10H2,1-3H3. The molecule has 0 saturated carbocycles. The molecule has 0 aromatic carbocycles. The van der Waals surface area contributed by atoms with E-state index in [0.29, 0.717) is 19.6 Å². The number of hydrogen-bond donors (Lipinski definition) is 1. The summed E-state index contributed by atoms with van der Waals surface area (Å²) in [5.74, 6) is 0. The van der Waals surface area contributed by atoms with Gasteiger partial charge in [0.15, 0.2) is 0 Å². The monoisotopic (exact) mass is 252 g/mol. The smallest absolute Gasteiger partial charge is 0.282 e. The fourth-order valence-electron chi connectivity index (χ4n) is 1.55. The van der Waals surface area contributed by atoms with Crippen LogP contribution in [0.15, 0.2) is 0 Å². The Kier molecular flexibility index (Phi) is 7.91. The van der Waals surface area contributed by atoms with Crippen molar-refractivity contribution in [2.45, 2.75) is 33.6 Å². The van der Waals surface area contributed by atoms with E-state index < -0.39 is 10.2 Å². The summed E-state index contributed by atoms with van der Waals surface area (Å²) in [7, 11) is -3.39. The van der Waals surface area contributed by atoms with E-state index in [1.54, 1.807) is 6.92 Å². The van der Waals surface area contributed by atoms with E-state index in [0.717, 1.165) is 12.8 Å². The van der Waals surface area contributed by atoms with Crippen LogP contribution in [-0.2, 0) is 10.2 Å². The van der Waals surface area contributed by atoms with Gasteiger partial charge in [-0.25, -0.2) is 0 Å². The first-order valence-electron chi connectivity index (χ1n) is 5.90.